The second kappa shape index (κ2) is 7.40. The number of nitrogens with one attached hydrogen (secondary N) is 1. The maximum absolute atomic E-state index is 12.3. The predicted octanol–water partition coefficient (Wildman–Crippen LogP) is 2.88. The van der Waals surface area contributed by atoms with Crippen LogP contribution in [0.5, 0.6) is 0 Å². The summed E-state index contributed by atoms with van der Waals surface area (Å²) in [6.45, 7) is 2.11. The number of ether oxygens (including phenoxy) is 1. The zero-order valence-corrected chi connectivity index (χ0v) is 15.3. The van der Waals surface area contributed by atoms with Gasteiger partial charge in [0.2, 0.25) is 5.91 Å². The zero-order chi connectivity index (χ0) is 17.1. The van der Waals surface area contributed by atoms with E-state index in [4.69, 9.17) is 4.74 Å². The minimum Gasteiger partial charge on any atom is -0.462 e. The Morgan fingerprint density at radius 3 is 3.00 bits per heavy atom. The number of fused-ring (bicyclic) bond motifs is 1. The zero-order valence-electron chi connectivity index (χ0n) is 13.6. The van der Waals surface area contributed by atoms with E-state index in [1.807, 2.05) is 17.8 Å². The first-order chi connectivity index (χ1) is 11.6. The molecule has 0 bridgehead atoms. The minimum absolute atomic E-state index is 0.145. The number of amides is 1. The van der Waals surface area contributed by atoms with Crippen molar-refractivity contribution in [2.75, 3.05) is 17.7 Å². The van der Waals surface area contributed by atoms with E-state index < -0.39 is 0 Å². The standard InChI is InChI=1S/C16H19N3O3S2/c1-3-22-15(21)13-10-5-4-6-11(10)24-14(13)18-12(20)9-23-16-17-7-8-19(16)2/h7-8H,3-6,9H2,1-2H3,(H,18,20). The fourth-order valence-electron chi connectivity index (χ4n) is 2.70. The van der Waals surface area contributed by atoms with Crippen LogP contribution in [0.2, 0.25) is 0 Å². The number of aryl methyl sites for hydroxylation is 2. The van der Waals surface area contributed by atoms with Gasteiger partial charge in [-0.3, -0.25) is 4.79 Å². The number of carbonyl (C=O) groups excluding carboxylic acids is 2. The number of esters is 1. The van der Waals surface area contributed by atoms with Gasteiger partial charge in [-0.25, -0.2) is 9.78 Å². The van der Waals surface area contributed by atoms with Gasteiger partial charge in [-0.15, -0.1) is 11.3 Å². The van der Waals surface area contributed by atoms with Gasteiger partial charge in [0.05, 0.1) is 17.9 Å². The van der Waals surface area contributed by atoms with E-state index in [2.05, 4.69) is 10.3 Å². The highest BCUT2D eigenvalue weighted by molar-refractivity contribution is 7.99. The van der Waals surface area contributed by atoms with Gasteiger partial charge in [0.1, 0.15) is 5.00 Å². The Labute approximate surface area is 148 Å². The molecule has 24 heavy (non-hydrogen) atoms. The normalized spacial score (nSPS) is 12.9. The molecular weight excluding hydrogens is 346 g/mol. The molecule has 1 aliphatic carbocycles. The van der Waals surface area contributed by atoms with Crippen molar-refractivity contribution < 1.29 is 14.3 Å². The first-order valence-electron chi connectivity index (χ1n) is 7.81. The van der Waals surface area contributed by atoms with Crippen LogP contribution in [0.1, 0.15) is 34.1 Å². The Hall–Kier alpha value is -1.80. The van der Waals surface area contributed by atoms with Crippen molar-refractivity contribution >= 4 is 40.0 Å². The minimum atomic E-state index is -0.344. The van der Waals surface area contributed by atoms with Gasteiger partial charge in [0, 0.05) is 24.3 Å². The molecule has 6 nitrogen and oxygen atoms in total. The smallest absolute Gasteiger partial charge is 0.341 e. The number of thioether (sulfide) groups is 1. The molecule has 2 heterocycles. The molecule has 1 amide bonds. The van der Waals surface area contributed by atoms with Crippen molar-refractivity contribution in [3.8, 4) is 0 Å². The lowest BCUT2D eigenvalue weighted by Crippen LogP contribution is -2.17. The second-order valence-corrected chi connectivity index (χ2v) is 7.49. The summed E-state index contributed by atoms with van der Waals surface area (Å²) in [5.41, 5.74) is 1.59. The summed E-state index contributed by atoms with van der Waals surface area (Å²) in [6.07, 6.45) is 6.42. The lowest BCUT2D eigenvalue weighted by atomic mass is 10.1. The van der Waals surface area contributed by atoms with Crippen molar-refractivity contribution in [3.63, 3.8) is 0 Å². The molecule has 0 spiro atoms. The van der Waals surface area contributed by atoms with E-state index in [0.717, 1.165) is 30.0 Å². The Kier molecular flexibility index (Phi) is 5.25. The maximum Gasteiger partial charge on any atom is 0.341 e. The molecule has 2 aromatic rings. The number of aromatic nitrogens is 2. The van der Waals surface area contributed by atoms with Crippen LogP contribution in [-0.4, -0.2) is 33.8 Å². The summed E-state index contributed by atoms with van der Waals surface area (Å²) in [5.74, 6) is -0.243. The average molecular weight is 365 g/mol. The molecule has 0 atom stereocenters. The summed E-state index contributed by atoms with van der Waals surface area (Å²) < 4.78 is 7.03. The van der Waals surface area contributed by atoms with E-state index >= 15 is 0 Å². The third-order valence-corrected chi connectivity index (χ3v) is 6.03. The SMILES string of the molecule is CCOC(=O)c1c(NC(=O)CSc2nccn2C)sc2c1CCC2. The van der Waals surface area contributed by atoms with Crippen LogP contribution in [0.4, 0.5) is 5.00 Å². The topological polar surface area (TPSA) is 73.2 Å². The number of rotatable bonds is 6. The average Bonchev–Trinajstić information content (AvgIpc) is 3.21. The number of anilines is 1. The van der Waals surface area contributed by atoms with E-state index in [1.165, 1.54) is 28.0 Å². The molecular formula is C16H19N3O3S2. The third kappa shape index (κ3) is 3.49. The van der Waals surface area contributed by atoms with Gasteiger partial charge in [-0.2, -0.15) is 0 Å². The Morgan fingerprint density at radius 1 is 1.46 bits per heavy atom. The summed E-state index contributed by atoms with van der Waals surface area (Å²) in [5, 5.41) is 4.28. The molecule has 1 N–H and O–H groups in total. The molecule has 3 rings (SSSR count). The van der Waals surface area contributed by atoms with E-state index in [1.54, 1.807) is 13.1 Å². The Balaban J connectivity index is 1.71. The molecule has 0 saturated carbocycles. The molecule has 0 aliphatic heterocycles. The predicted molar refractivity (Wildman–Crippen MR) is 94.9 cm³/mol. The quantitative estimate of drug-likeness (QED) is 0.629. The highest BCUT2D eigenvalue weighted by Crippen LogP contribution is 2.39. The molecule has 0 aromatic carbocycles. The first kappa shape index (κ1) is 17.0. The first-order valence-corrected chi connectivity index (χ1v) is 9.62. The number of nitrogens with zero attached hydrogens (tertiary/aromatic N) is 2. The maximum atomic E-state index is 12.3. The molecule has 0 fully saturated rings. The molecule has 0 unspecified atom stereocenters. The number of imidazole rings is 1. The lowest BCUT2D eigenvalue weighted by molar-refractivity contribution is -0.113. The largest absolute Gasteiger partial charge is 0.462 e. The van der Waals surface area contributed by atoms with Crippen LogP contribution >= 0.6 is 23.1 Å². The van der Waals surface area contributed by atoms with Gasteiger partial charge in [-0.05, 0) is 31.7 Å². The summed E-state index contributed by atoms with van der Waals surface area (Å²) in [4.78, 5) is 29.9. The Morgan fingerprint density at radius 2 is 2.29 bits per heavy atom. The van der Waals surface area contributed by atoms with Gasteiger partial charge in [-0.1, -0.05) is 11.8 Å². The van der Waals surface area contributed by atoms with E-state index in [-0.39, 0.29) is 17.6 Å². The van der Waals surface area contributed by atoms with Gasteiger partial charge < -0.3 is 14.6 Å². The number of thiophene rings is 1. The molecule has 128 valence electrons. The molecule has 1 aliphatic rings. The Bertz CT molecular complexity index is 767. The number of hydrogen-bond donors (Lipinski definition) is 1. The van der Waals surface area contributed by atoms with Gasteiger partial charge in [0.15, 0.2) is 5.16 Å². The van der Waals surface area contributed by atoms with Crippen LogP contribution in [0, 0.1) is 0 Å². The fraction of sp³-hybridized carbons (Fsp3) is 0.438. The molecule has 8 heteroatoms. The van der Waals surface area contributed by atoms with Crippen molar-refractivity contribution in [1.82, 2.24) is 9.55 Å². The lowest BCUT2D eigenvalue weighted by Gasteiger charge is -2.08. The van der Waals surface area contributed by atoms with Crippen molar-refractivity contribution in [2.24, 2.45) is 7.05 Å². The van der Waals surface area contributed by atoms with Gasteiger partial charge in [0.25, 0.3) is 0 Å². The monoisotopic (exact) mass is 365 g/mol. The fourth-order valence-corrected chi connectivity index (χ4v) is 4.72. The summed E-state index contributed by atoms with van der Waals surface area (Å²) in [6, 6.07) is 0. The van der Waals surface area contributed by atoms with Crippen LogP contribution in [0.3, 0.4) is 0 Å². The van der Waals surface area contributed by atoms with Crippen molar-refractivity contribution in [1.29, 1.82) is 0 Å². The third-order valence-electron chi connectivity index (χ3n) is 3.76. The molecule has 0 radical (unpaired) electrons. The number of carbonyl (C=O) groups is 2. The van der Waals surface area contributed by atoms with Crippen LogP contribution in [-0.2, 0) is 29.4 Å². The molecule has 2 aromatic heterocycles. The highest BCUT2D eigenvalue weighted by atomic mass is 32.2. The molecule has 0 saturated heterocycles. The van der Waals surface area contributed by atoms with Gasteiger partial charge >= 0.3 is 5.97 Å². The highest BCUT2D eigenvalue weighted by Gasteiger charge is 2.28. The van der Waals surface area contributed by atoms with Crippen LogP contribution in [0.25, 0.3) is 0 Å². The summed E-state index contributed by atoms with van der Waals surface area (Å²) >= 11 is 2.86. The van der Waals surface area contributed by atoms with E-state index in [0.29, 0.717) is 17.2 Å². The van der Waals surface area contributed by atoms with Crippen molar-refractivity contribution in [3.05, 3.63) is 28.4 Å². The van der Waals surface area contributed by atoms with Crippen LogP contribution < -0.4 is 5.32 Å². The van der Waals surface area contributed by atoms with Crippen molar-refractivity contribution in [2.45, 2.75) is 31.3 Å². The second-order valence-electron chi connectivity index (χ2n) is 5.44. The van der Waals surface area contributed by atoms with Crippen LogP contribution in [0.15, 0.2) is 17.6 Å². The number of hydrogen-bond acceptors (Lipinski definition) is 6. The summed E-state index contributed by atoms with van der Waals surface area (Å²) in [7, 11) is 1.88. The van der Waals surface area contributed by atoms with E-state index in [9.17, 15) is 9.59 Å².